The highest BCUT2D eigenvalue weighted by Crippen LogP contribution is 2.15. The number of hydrogen-bond donors (Lipinski definition) is 3. The highest BCUT2D eigenvalue weighted by molar-refractivity contribution is 6.34. The van der Waals surface area contributed by atoms with Crippen molar-refractivity contribution in [2.45, 2.75) is 6.42 Å². The highest BCUT2D eigenvalue weighted by Gasteiger charge is 2.16. The van der Waals surface area contributed by atoms with Gasteiger partial charge in [0.2, 0.25) is 0 Å². The van der Waals surface area contributed by atoms with Gasteiger partial charge >= 0.3 is 0 Å². The van der Waals surface area contributed by atoms with Crippen molar-refractivity contribution in [3.8, 4) is 0 Å². The fraction of sp³-hybridized carbons (Fsp3) is 0.158. The van der Waals surface area contributed by atoms with Gasteiger partial charge in [-0.2, -0.15) is 0 Å². The van der Waals surface area contributed by atoms with E-state index in [4.69, 9.17) is 16.7 Å². The number of halogens is 1. The molecule has 0 aliphatic rings. The molecule has 5 nitrogen and oxygen atoms in total. The summed E-state index contributed by atoms with van der Waals surface area (Å²) >= 11 is 6.04. The van der Waals surface area contributed by atoms with E-state index >= 15 is 0 Å². The first-order valence-corrected chi connectivity index (χ1v) is 8.21. The Morgan fingerprint density at radius 3 is 2.40 bits per heavy atom. The molecule has 2 aromatic rings. The first-order chi connectivity index (χ1) is 12.1. The summed E-state index contributed by atoms with van der Waals surface area (Å²) in [5.74, 6) is -0.900. The molecule has 2 amide bonds. The number of carbonyl (C=O) groups is 2. The van der Waals surface area contributed by atoms with Crippen LogP contribution in [0.25, 0.3) is 6.08 Å². The van der Waals surface area contributed by atoms with Gasteiger partial charge in [-0.1, -0.05) is 54.1 Å². The monoisotopic (exact) mass is 358 g/mol. The lowest BCUT2D eigenvalue weighted by Gasteiger charge is -2.11. The molecule has 0 saturated heterocycles. The number of rotatable bonds is 7. The lowest BCUT2D eigenvalue weighted by Crippen LogP contribution is -2.35. The van der Waals surface area contributed by atoms with Crippen molar-refractivity contribution in [2.24, 2.45) is 0 Å². The third-order valence-electron chi connectivity index (χ3n) is 3.34. The van der Waals surface area contributed by atoms with Crippen molar-refractivity contribution < 1.29 is 14.7 Å². The van der Waals surface area contributed by atoms with Crippen LogP contribution in [0.5, 0.6) is 0 Å². The van der Waals surface area contributed by atoms with Crippen molar-refractivity contribution in [1.29, 1.82) is 0 Å². The summed E-state index contributed by atoms with van der Waals surface area (Å²) in [6.45, 7) is 0.285. The SMILES string of the molecule is O=C(NCCCO)/C(=C\c1ccccc1)NC(=O)c1ccccc1Cl. The molecule has 130 valence electrons. The fourth-order valence-corrected chi connectivity index (χ4v) is 2.31. The van der Waals surface area contributed by atoms with Crippen LogP contribution in [0.4, 0.5) is 0 Å². The summed E-state index contributed by atoms with van der Waals surface area (Å²) in [6, 6.07) is 15.8. The Labute approximate surface area is 151 Å². The van der Waals surface area contributed by atoms with Gasteiger partial charge < -0.3 is 15.7 Å². The van der Waals surface area contributed by atoms with Gasteiger partial charge in [0, 0.05) is 13.2 Å². The Balaban J connectivity index is 2.22. The molecule has 0 aliphatic carbocycles. The zero-order chi connectivity index (χ0) is 18.1. The van der Waals surface area contributed by atoms with Crippen LogP contribution >= 0.6 is 11.6 Å². The lowest BCUT2D eigenvalue weighted by atomic mass is 10.1. The third-order valence-corrected chi connectivity index (χ3v) is 3.67. The second-order valence-electron chi connectivity index (χ2n) is 5.24. The minimum absolute atomic E-state index is 0.0238. The van der Waals surface area contributed by atoms with Crippen LogP contribution in [-0.2, 0) is 4.79 Å². The molecule has 6 heteroatoms. The molecule has 0 unspecified atom stereocenters. The Morgan fingerprint density at radius 1 is 1.04 bits per heavy atom. The summed E-state index contributed by atoms with van der Waals surface area (Å²) in [6.07, 6.45) is 2.02. The number of benzene rings is 2. The number of carbonyl (C=O) groups excluding carboxylic acids is 2. The molecule has 0 bridgehead atoms. The zero-order valence-corrected chi connectivity index (χ0v) is 14.3. The van der Waals surface area contributed by atoms with E-state index < -0.39 is 11.8 Å². The first-order valence-electron chi connectivity index (χ1n) is 7.83. The summed E-state index contributed by atoms with van der Waals surface area (Å²) in [7, 11) is 0. The molecule has 0 heterocycles. The largest absolute Gasteiger partial charge is 0.396 e. The van der Waals surface area contributed by atoms with Crippen molar-refractivity contribution in [3.63, 3.8) is 0 Å². The van der Waals surface area contributed by atoms with Gasteiger partial charge in [-0.05, 0) is 30.2 Å². The van der Waals surface area contributed by atoms with Crippen LogP contribution in [0.3, 0.4) is 0 Å². The maximum Gasteiger partial charge on any atom is 0.267 e. The van der Waals surface area contributed by atoms with E-state index in [1.54, 1.807) is 30.3 Å². The molecule has 0 aromatic heterocycles. The first kappa shape index (κ1) is 18.7. The Kier molecular flexibility index (Phi) is 7.19. The van der Waals surface area contributed by atoms with E-state index in [0.717, 1.165) is 5.56 Å². The van der Waals surface area contributed by atoms with Crippen LogP contribution in [-0.4, -0.2) is 30.1 Å². The van der Waals surface area contributed by atoms with Gasteiger partial charge in [-0.3, -0.25) is 9.59 Å². The van der Waals surface area contributed by atoms with Crippen LogP contribution in [0.2, 0.25) is 5.02 Å². The number of aliphatic hydroxyl groups excluding tert-OH is 1. The minimum atomic E-state index is -0.468. The lowest BCUT2D eigenvalue weighted by molar-refractivity contribution is -0.117. The molecule has 25 heavy (non-hydrogen) atoms. The van der Waals surface area contributed by atoms with Gasteiger partial charge in [0.25, 0.3) is 11.8 Å². The van der Waals surface area contributed by atoms with Gasteiger partial charge in [0.05, 0.1) is 10.6 Å². The van der Waals surface area contributed by atoms with Crippen LogP contribution in [0.15, 0.2) is 60.3 Å². The average Bonchev–Trinajstić information content (AvgIpc) is 2.62. The minimum Gasteiger partial charge on any atom is -0.396 e. The molecule has 2 aromatic carbocycles. The van der Waals surface area contributed by atoms with Gasteiger partial charge in [-0.25, -0.2) is 0 Å². The zero-order valence-electron chi connectivity index (χ0n) is 13.5. The van der Waals surface area contributed by atoms with Gasteiger partial charge in [-0.15, -0.1) is 0 Å². The topological polar surface area (TPSA) is 78.4 Å². The van der Waals surface area contributed by atoms with Crippen molar-refractivity contribution in [2.75, 3.05) is 13.2 Å². The van der Waals surface area contributed by atoms with Crippen molar-refractivity contribution in [3.05, 3.63) is 76.4 Å². The molecular weight excluding hydrogens is 340 g/mol. The molecule has 0 spiro atoms. The maximum atomic E-state index is 12.4. The smallest absolute Gasteiger partial charge is 0.267 e. The molecule has 0 fully saturated rings. The number of aliphatic hydroxyl groups is 1. The Bertz CT molecular complexity index is 760. The van der Waals surface area contributed by atoms with Gasteiger partial charge in [0.15, 0.2) is 0 Å². The second kappa shape index (κ2) is 9.61. The molecule has 0 saturated carbocycles. The predicted octanol–water partition coefficient (Wildman–Crippen LogP) is 2.61. The quantitative estimate of drug-likeness (QED) is 0.526. The molecule has 0 radical (unpaired) electrons. The van der Waals surface area contributed by atoms with E-state index in [-0.39, 0.29) is 17.9 Å². The van der Waals surface area contributed by atoms with Crippen molar-refractivity contribution in [1.82, 2.24) is 10.6 Å². The number of nitrogens with one attached hydrogen (secondary N) is 2. The standard InChI is InChI=1S/C19H19ClN2O3/c20-16-10-5-4-9-15(16)18(24)22-17(19(25)21-11-6-12-23)13-14-7-2-1-3-8-14/h1-5,7-10,13,23H,6,11-12H2,(H,21,25)(H,22,24)/b17-13+. The van der Waals surface area contributed by atoms with E-state index in [0.29, 0.717) is 18.0 Å². The summed E-state index contributed by atoms with van der Waals surface area (Å²) < 4.78 is 0. The Hall–Kier alpha value is -2.63. The van der Waals surface area contributed by atoms with Crippen LogP contribution < -0.4 is 10.6 Å². The van der Waals surface area contributed by atoms with Crippen molar-refractivity contribution >= 4 is 29.5 Å². The molecule has 0 aliphatic heterocycles. The Morgan fingerprint density at radius 2 is 1.72 bits per heavy atom. The molecule has 2 rings (SSSR count). The van der Waals surface area contributed by atoms with Crippen LogP contribution in [0.1, 0.15) is 22.3 Å². The average molecular weight is 359 g/mol. The van der Waals surface area contributed by atoms with E-state index in [1.165, 1.54) is 0 Å². The third kappa shape index (κ3) is 5.74. The summed E-state index contributed by atoms with van der Waals surface area (Å²) in [5, 5.41) is 14.4. The number of hydrogen-bond acceptors (Lipinski definition) is 3. The molecule has 0 atom stereocenters. The molecular formula is C19H19ClN2O3. The predicted molar refractivity (Wildman–Crippen MR) is 98.0 cm³/mol. The normalized spacial score (nSPS) is 11.0. The fourth-order valence-electron chi connectivity index (χ4n) is 2.09. The van der Waals surface area contributed by atoms with Crippen LogP contribution in [0, 0.1) is 0 Å². The summed E-state index contributed by atoms with van der Waals surface area (Å²) in [4.78, 5) is 24.8. The highest BCUT2D eigenvalue weighted by atomic mass is 35.5. The maximum absolute atomic E-state index is 12.4. The van der Waals surface area contributed by atoms with E-state index in [1.807, 2.05) is 30.3 Å². The van der Waals surface area contributed by atoms with E-state index in [9.17, 15) is 9.59 Å². The molecule has 3 N–H and O–H groups in total. The van der Waals surface area contributed by atoms with E-state index in [2.05, 4.69) is 10.6 Å². The number of amides is 2. The van der Waals surface area contributed by atoms with Gasteiger partial charge in [0.1, 0.15) is 5.70 Å². The second-order valence-corrected chi connectivity index (χ2v) is 5.64. The summed E-state index contributed by atoms with van der Waals surface area (Å²) in [5.41, 5.74) is 1.16.